The summed E-state index contributed by atoms with van der Waals surface area (Å²) in [4.78, 5) is 20.9. The van der Waals surface area contributed by atoms with Gasteiger partial charge >= 0.3 is 17.8 Å². The molecule has 24 heavy (non-hydrogen) atoms. The maximum absolute atomic E-state index is 12.9. The smallest absolute Gasteiger partial charge is 0.430 e. The predicted octanol–water partition coefficient (Wildman–Crippen LogP) is 3.45. The number of nitro groups is 1. The number of nitrogens with zero attached hydrogens (tertiary/aromatic N) is 3. The summed E-state index contributed by atoms with van der Waals surface area (Å²) in [5.74, 6) is -2.50. The highest BCUT2D eigenvalue weighted by atomic mass is 19.4. The fourth-order valence-corrected chi connectivity index (χ4v) is 2.60. The zero-order chi connectivity index (χ0) is 18.1. The Hall–Kier alpha value is -2.27. The van der Waals surface area contributed by atoms with E-state index in [9.17, 15) is 36.9 Å². The SMILES string of the molecule is O=C(OC1(n2cc([N+](=O)[O-])c(C(F)F)n2)CCCCC1)C(F)(F)F. The molecule has 1 aliphatic carbocycles. The van der Waals surface area contributed by atoms with Crippen molar-refractivity contribution in [3.63, 3.8) is 0 Å². The van der Waals surface area contributed by atoms with Gasteiger partial charge in [-0.3, -0.25) is 10.1 Å². The lowest BCUT2D eigenvalue weighted by molar-refractivity contribution is -0.386. The van der Waals surface area contributed by atoms with Gasteiger partial charge in [-0.15, -0.1) is 0 Å². The van der Waals surface area contributed by atoms with Crippen LogP contribution in [-0.2, 0) is 15.3 Å². The first-order valence-corrected chi connectivity index (χ1v) is 6.89. The highest BCUT2D eigenvalue weighted by Crippen LogP contribution is 2.40. The number of carbonyl (C=O) groups excluding carboxylic acids is 1. The van der Waals surface area contributed by atoms with E-state index in [-0.39, 0.29) is 12.8 Å². The van der Waals surface area contributed by atoms with E-state index in [1.54, 1.807) is 0 Å². The van der Waals surface area contributed by atoms with E-state index in [4.69, 9.17) is 0 Å². The molecule has 0 atom stereocenters. The van der Waals surface area contributed by atoms with E-state index in [1.807, 2.05) is 0 Å². The summed E-state index contributed by atoms with van der Waals surface area (Å²) in [6.45, 7) is 0. The van der Waals surface area contributed by atoms with Gasteiger partial charge in [-0.1, -0.05) is 6.42 Å². The van der Waals surface area contributed by atoms with Crippen molar-refractivity contribution in [2.75, 3.05) is 0 Å². The topological polar surface area (TPSA) is 87.3 Å². The normalized spacial score (nSPS) is 17.8. The number of esters is 1. The van der Waals surface area contributed by atoms with Crippen LogP contribution in [0.25, 0.3) is 0 Å². The lowest BCUT2D eigenvalue weighted by Gasteiger charge is -2.36. The van der Waals surface area contributed by atoms with Crippen molar-refractivity contribution in [1.82, 2.24) is 9.78 Å². The standard InChI is InChI=1S/C12H12F5N3O4/c13-9(14)8-7(20(22)23)6-19(18-8)11(4-2-1-3-5-11)24-10(21)12(15,16)17/h6,9H,1-5H2. The minimum atomic E-state index is -5.28. The van der Waals surface area contributed by atoms with E-state index >= 15 is 0 Å². The average Bonchev–Trinajstić information content (AvgIpc) is 2.93. The number of ether oxygens (including phenoxy) is 1. The Bertz CT molecular complexity index is 637. The van der Waals surface area contributed by atoms with Crippen molar-refractivity contribution < 1.29 is 36.4 Å². The molecule has 1 fully saturated rings. The van der Waals surface area contributed by atoms with Crippen molar-refractivity contribution in [1.29, 1.82) is 0 Å². The van der Waals surface area contributed by atoms with Gasteiger partial charge in [0.2, 0.25) is 11.4 Å². The van der Waals surface area contributed by atoms with Crippen molar-refractivity contribution in [2.45, 2.75) is 50.4 Å². The summed E-state index contributed by atoms with van der Waals surface area (Å²) >= 11 is 0. The van der Waals surface area contributed by atoms with Crippen LogP contribution in [-0.4, -0.2) is 26.8 Å². The number of aromatic nitrogens is 2. The van der Waals surface area contributed by atoms with Gasteiger partial charge in [-0.05, 0) is 12.8 Å². The lowest BCUT2D eigenvalue weighted by atomic mass is 9.91. The molecular weight excluding hydrogens is 345 g/mol. The molecule has 134 valence electrons. The molecule has 0 amide bonds. The Kier molecular flexibility index (Phi) is 4.76. The third kappa shape index (κ3) is 3.46. The quantitative estimate of drug-likeness (QED) is 0.356. The second-order valence-corrected chi connectivity index (χ2v) is 5.30. The molecule has 0 saturated heterocycles. The molecule has 0 aromatic carbocycles. The first-order chi connectivity index (χ1) is 11.1. The molecule has 0 spiro atoms. The molecule has 0 bridgehead atoms. The Morgan fingerprint density at radius 1 is 1.33 bits per heavy atom. The van der Waals surface area contributed by atoms with Crippen LogP contribution >= 0.6 is 0 Å². The maximum Gasteiger partial charge on any atom is 0.491 e. The number of alkyl halides is 5. The summed E-state index contributed by atoms with van der Waals surface area (Å²) < 4.78 is 68.3. The van der Waals surface area contributed by atoms with Gasteiger partial charge in [0.25, 0.3) is 6.43 Å². The Morgan fingerprint density at radius 2 is 1.92 bits per heavy atom. The van der Waals surface area contributed by atoms with Gasteiger partial charge in [0.15, 0.2) is 0 Å². The molecule has 0 aliphatic heterocycles. The molecule has 7 nitrogen and oxygen atoms in total. The van der Waals surface area contributed by atoms with Crippen LogP contribution in [0.4, 0.5) is 27.6 Å². The van der Waals surface area contributed by atoms with Gasteiger partial charge in [0, 0.05) is 12.8 Å². The molecule has 1 heterocycles. The van der Waals surface area contributed by atoms with Gasteiger partial charge in [0.1, 0.15) is 6.20 Å². The second-order valence-electron chi connectivity index (χ2n) is 5.30. The summed E-state index contributed by atoms with van der Waals surface area (Å²) in [5.41, 5.74) is -4.20. The molecule has 0 radical (unpaired) electrons. The zero-order valence-corrected chi connectivity index (χ0v) is 12.1. The summed E-state index contributed by atoms with van der Waals surface area (Å²) in [7, 11) is 0. The largest absolute Gasteiger partial charge is 0.491 e. The number of hydrogen-bond donors (Lipinski definition) is 0. The van der Waals surface area contributed by atoms with E-state index in [0.29, 0.717) is 30.1 Å². The average molecular weight is 357 g/mol. The van der Waals surface area contributed by atoms with Crippen molar-refractivity contribution in [2.24, 2.45) is 0 Å². The highest BCUT2D eigenvalue weighted by molar-refractivity contribution is 5.75. The second kappa shape index (κ2) is 6.32. The fourth-order valence-electron chi connectivity index (χ4n) is 2.60. The van der Waals surface area contributed by atoms with E-state index < -0.39 is 40.6 Å². The van der Waals surface area contributed by atoms with E-state index in [2.05, 4.69) is 9.84 Å². The number of rotatable bonds is 4. The van der Waals surface area contributed by atoms with Crippen LogP contribution in [0, 0.1) is 10.1 Å². The monoisotopic (exact) mass is 357 g/mol. The molecule has 1 aliphatic rings. The van der Waals surface area contributed by atoms with Crippen LogP contribution < -0.4 is 0 Å². The first kappa shape index (κ1) is 18.1. The molecule has 2 rings (SSSR count). The van der Waals surface area contributed by atoms with Crippen LogP contribution in [0.5, 0.6) is 0 Å². The minimum absolute atomic E-state index is 0.115. The minimum Gasteiger partial charge on any atom is -0.430 e. The molecule has 1 aromatic rings. The molecule has 1 aromatic heterocycles. The molecule has 0 unspecified atom stereocenters. The maximum atomic E-state index is 12.9. The van der Waals surface area contributed by atoms with E-state index in [0.717, 1.165) is 0 Å². The summed E-state index contributed by atoms with van der Waals surface area (Å²) in [5, 5.41) is 14.2. The summed E-state index contributed by atoms with van der Waals surface area (Å²) in [6, 6.07) is 0. The van der Waals surface area contributed by atoms with Gasteiger partial charge in [-0.2, -0.15) is 18.3 Å². The van der Waals surface area contributed by atoms with Gasteiger partial charge < -0.3 is 4.74 Å². The van der Waals surface area contributed by atoms with Crippen molar-refractivity contribution in [3.8, 4) is 0 Å². The third-order valence-corrected chi connectivity index (χ3v) is 3.69. The molecule has 0 N–H and O–H groups in total. The number of halogens is 5. The van der Waals surface area contributed by atoms with Crippen molar-refractivity contribution >= 4 is 11.7 Å². The fraction of sp³-hybridized carbons (Fsp3) is 0.667. The van der Waals surface area contributed by atoms with Crippen LogP contribution in [0.3, 0.4) is 0 Å². The Morgan fingerprint density at radius 3 is 2.33 bits per heavy atom. The van der Waals surface area contributed by atoms with Crippen LogP contribution in [0.1, 0.15) is 44.2 Å². The van der Waals surface area contributed by atoms with Crippen LogP contribution in [0.2, 0.25) is 0 Å². The lowest BCUT2D eigenvalue weighted by Crippen LogP contribution is -2.44. The molecule has 1 saturated carbocycles. The Labute approximate surface area is 131 Å². The first-order valence-electron chi connectivity index (χ1n) is 6.89. The predicted molar refractivity (Wildman–Crippen MR) is 67.0 cm³/mol. The summed E-state index contributed by atoms with van der Waals surface area (Å²) in [6.07, 6.45) is -6.90. The number of carbonyl (C=O) groups is 1. The third-order valence-electron chi connectivity index (χ3n) is 3.69. The molecule has 12 heteroatoms. The van der Waals surface area contributed by atoms with Crippen molar-refractivity contribution in [3.05, 3.63) is 22.0 Å². The van der Waals surface area contributed by atoms with E-state index in [1.165, 1.54) is 0 Å². The molecular formula is C12H12F5N3O4. The Balaban J connectivity index is 2.47. The van der Waals surface area contributed by atoms with Gasteiger partial charge in [0.05, 0.1) is 4.92 Å². The zero-order valence-electron chi connectivity index (χ0n) is 12.1. The van der Waals surface area contributed by atoms with Gasteiger partial charge in [-0.25, -0.2) is 18.3 Å². The van der Waals surface area contributed by atoms with Crippen LogP contribution in [0.15, 0.2) is 6.20 Å². The highest BCUT2D eigenvalue weighted by Gasteiger charge is 2.49. The number of hydrogen-bond acceptors (Lipinski definition) is 5.